The minimum atomic E-state index is -3.15. The van der Waals surface area contributed by atoms with Gasteiger partial charge < -0.3 is 0 Å². The zero-order valence-corrected chi connectivity index (χ0v) is 22.8. The van der Waals surface area contributed by atoms with Crippen LogP contribution in [0.1, 0.15) is 60.9 Å². The highest BCUT2D eigenvalue weighted by atomic mass is 32.2. The van der Waals surface area contributed by atoms with Crippen LogP contribution in [0.5, 0.6) is 0 Å². The fourth-order valence-electron chi connectivity index (χ4n) is 6.47. The maximum absolute atomic E-state index is 14.6. The van der Waals surface area contributed by atoms with E-state index in [-0.39, 0.29) is 34.8 Å². The van der Waals surface area contributed by atoms with Gasteiger partial charge in [-0.15, -0.1) is 10.2 Å². The molecule has 0 radical (unpaired) electrons. The Labute approximate surface area is 224 Å². The molecule has 2 atom stereocenters. The van der Waals surface area contributed by atoms with Gasteiger partial charge in [0.25, 0.3) is 5.95 Å². The lowest BCUT2D eigenvalue weighted by Gasteiger charge is -2.38. The van der Waals surface area contributed by atoms with Crippen LogP contribution in [0.3, 0.4) is 0 Å². The summed E-state index contributed by atoms with van der Waals surface area (Å²) >= 11 is 0. The topological polar surface area (TPSA) is 116 Å². The summed E-state index contributed by atoms with van der Waals surface area (Å²) in [6.45, 7) is 6.30. The standard InChI is InChI=1S/C27H27F2N7O2S/c1-15-13-30-25(36-14-31-21(35-36)9-11-39(4,37)38)32-23(15)27-10-8-17(26(27,2)3)16-12-20(33-34-24(16)27)22-18(28)6-5-7-19(22)29/h5-7,12-14,17H,8-11H2,1-4H3/t17-,27-/m0/s1. The molecule has 6 rings (SSSR count). The molecule has 1 saturated carbocycles. The first-order valence-corrected chi connectivity index (χ1v) is 14.7. The zero-order chi connectivity index (χ0) is 27.7. The Morgan fingerprint density at radius 2 is 1.85 bits per heavy atom. The minimum Gasteiger partial charge on any atom is -0.229 e. The first kappa shape index (κ1) is 25.6. The summed E-state index contributed by atoms with van der Waals surface area (Å²) in [5.41, 5.74) is 2.47. The molecule has 9 nitrogen and oxygen atoms in total. The van der Waals surface area contributed by atoms with Crippen molar-refractivity contribution in [3.63, 3.8) is 0 Å². The van der Waals surface area contributed by atoms with Gasteiger partial charge >= 0.3 is 0 Å². The van der Waals surface area contributed by atoms with Crippen LogP contribution >= 0.6 is 0 Å². The number of sulfone groups is 1. The molecule has 0 saturated heterocycles. The van der Waals surface area contributed by atoms with Crippen LogP contribution in [0, 0.1) is 24.0 Å². The van der Waals surface area contributed by atoms with Gasteiger partial charge in [0, 0.05) is 18.9 Å². The quantitative estimate of drug-likeness (QED) is 0.354. The van der Waals surface area contributed by atoms with Gasteiger partial charge in [-0.2, -0.15) is 9.78 Å². The normalized spacial score (nSPS) is 21.3. The van der Waals surface area contributed by atoms with E-state index < -0.39 is 26.9 Å². The molecule has 202 valence electrons. The first-order chi connectivity index (χ1) is 18.4. The number of benzene rings is 1. The number of aromatic nitrogens is 7. The van der Waals surface area contributed by atoms with E-state index in [4.69, 9.17) is 4.98 Å². The number of aryl methyl sites for hydroxylation is 2. The van der Waals surface area contributed by atoms with E-state index in [0.717, 1.165) is 35.4 Å². The molecule has 1 fully saturated rings. The molecular weight excluding hydrogens is 524 g/mol. The lowest BCUT2D eigenvalue weighted by atomic mass is 9.65. The monoisotopic (exact) mass is 551 g/mol. The fourth-order valence-corrected chi connectivity index (χ4v) is 7.03. The van der Waals surface area contributed by atoms with Crippen molar-refractivity contribution >= 4 is 9.84 Å². The summed E-state index contributed by atoms with van der Waals surface area (Å²) in [5.74, 6) is -0.611. The third-order valence-electron chi connectivity index (χ3n) is 8.40. The van der Waals surface area contributed by atoms with Gasteiger partial charge in [-0.05, 0) is 60.4 Å². The van der Waals surface area contributed by atoms with Crippen molar-refractivity contribution in [2.24, 2.45) is 5.41 Å². The van der Waals surface area contributed by atoms with Crippen LogP contribution in [0.2, 0.25) is 0 Å². The molecule has 0 amide bonds. The highest BCUT2D eigenvalue weighted by Gasteiger charge is 2.65. The van der Waals surface area contributed by atoms with Crippen LogP contribution < -0.4 is 0 Å². The van der Waals surface area contributed by atoms with Crippen molar-refractivity contribution in [2.45, 2.75) is 51.4 Å². The molecule has 0 unspecified atom stereocenters. The Hall–Kier alpha value is -3.67. The summed E-state index contributed by atoms with van der Waals surface area (Å²) < 4.78 is 53.7. The summed E-state index contributed by atoms with van der Waals surface area (Å²) in [7, 11) is -3.15. The maximum atomic E-state index is 14.6. The molecule has 12 heteroatoms. The molecular formula is C27H27F2N7O2S. The van der Waals surface area contributed by atoms with Crippen molar-refractivity contribution in [1.29, 1.82) is 0 Å². The molecule has 3 aromatic heterocycles. The van der Waals surface area contributed by atoms with E-state index in [1.165, 1.54) is 35.5 Å². The molecule has 2 aliphatic rings. The van der Waals surface area contributed by atoms with E-state index in [2.05, 4.69) is 39.1 Å². The molecule has 39 heavy (non-hydrogen) atoms. The Balaban J connectivity index is 1.45. The number of halogens is 2. The van der Waals surface area contributed by atoms with Crippen molar-refractivity contribution in [3.8, 4) is 17.2 Å². The van der Waals surface area contributed by atoms with Gasteiger partial charge in [0.15, 0.2) is 5.82 Å². The smallest absolute Gasteiger partial charge is 0.229 e. The number of hydrogen-bond donors (Lipinski definition) is 0. The van der Waals surface area contributed by atoms with E-state index in [9.17, 15) is 17.2 Å². The van der Waals surface area contributed by atoms with Gasteiger partial charge in [0.05, 0.1) is 33.8 Å². The predicted molar refractivity (Wildman–Crippen MR) is 139 cm³/mol. The second-order valence-corrected chi connectivity index (χ2v) is 13.3. The third-order valence-corrected chi connectivity index (χ3v) is 9.35. The molecule has 0 N–H and O–H groups in total. The number of fused-ring (bicyclic) bond motifs is 5. The maximum Gasteiger partial charge on any atom is 0.252 e. The largest absolute Gasteiger partial charge is 0.252 e. The SMILES string of the molecule is Cc1cnc(-n2cnc(CCS(C)(=O)=O)n2)nc1[C@@]12CC[C@@H](c3cc(-c4c(F)cccc4F)nnc31)C2(C)C. The highest BCUT2D eigenvalue weighted by Crippen LogP contribution is 2.69. The van der Waals surface area contributed by atoms with E-state index >= 15 is 0 Å². The van der Waals surface area contributed by atoms with Gasteiger partial charge in [0.2, 0.25) is 0 Å². The second-order valence-electron chi connectivity index (χ2n) is 11.0. The lowest BCUT2D eigenvalue weighted by Crippen LogP contribution is -2.39. The summed E-state index contributed by atoms with van der Waals surface area (Å²) in [5, 5.41) is 13.3. The Kier molecular flexibility index (Phi) is 5.69. The molecule has 4 aromatic rings. The first-order valence-electron chi connectivity index (χ1n) is 12.7. The Morgan fingerprint density at radius 1 is 1.10 bits per heavy atom. The molecule has 0 aliphatic heterocycles. The van der Waals surface area contributed by atoms with Gasteiger partial charge in [-0.25, -0.2) is 32.2 Å². The number of nitrogens with zero attached hydrogens (tertiary/aromatic N) is 7. The average Bonchev–Trinajstić information content (AvgIpc) is 3.50. The average molecular weight is 552 g/mol. The van der Waals surface area contributed by atoms with Gasteiger partial charge in [0.1, 0.15) is 27.8 Å². The minimum absolute atomic E-state index is 0.0517. The summed E-state index contributed by atoms with van der Waals surface area (Å²) in [6.07, 6.45) is 6.23. The predicted octanol–water partition coefficient (Wildman–Crippen LogP) is 3.89. The van der Waals surface area contributed by atoms with E-state index in [0.29, 0.717) is 11.8 Å². The molecule has 0 spiro atoms. The van der Waals surface area contributed by atoms with E-state index in [1.54, 1.807) is 12.3 Å². The van der Waals surface area contributed by atoms with Crippen LogP contribution in [0.4, 0.5) is 8.78 Å². The van der Waals surface area contributed by atoms with Crippen molar-refractivity contribution in [3.05, 3.63) is 76.8 Å². The third kappa shape index (κ3) is 3.87. The highest BCUT2D eigenvalue weighted by molar-refractivity contribution is 7.90. The van der Waals surface area contributed by atoms with Crippen molar-refractivity contribution < 1.29 is 17.2 Å². The van der Waals surface area contributed by atoms with Crippen LogP contribution in [-0.2, 0) is 21.7 Å². The molecule has 2 aliphatic carbocycles. The molecule has 2 bridgehead atoms. The number of hydrogen-bond acceptors (Lipinski definition) is 8. The lowest BCUT2D eigenvalue weighted by molar-refractivity contribution is 0.241. The Morgan fingerprint density at radius 3 is 2.56 bits per heavy atom. The van der Waals surface area contributed by atoms with Gasteiger partial charge in [-0.1, -0.05) is 19.9 Å². The fraction of sp³-hybridized carbons (Fsp3) is 0.407. The molecule has 3 heterocycles. The summed E-state index contributed by atoms with van der Waals surface area (Å²) in [6, 6.07) is 5.54. The number of rotatable bonds is 6. The van der Waals surface area contributed by atoms with Crippen LogP contribution in [0.15, 0.2) is 36.8 Å². The zero-order valence-electron chi connectivity index (χ0n) is 22.0. The second kappa shape index (κ2) is 8.67. The van der Waals surface area contributed by atoms with Crippen molar-refractivity contribution in [2.75, 3.05) is 12.0 Å². The van der Waals surface area contributed by atoms with Gasteiger partial charge in [-0.3, -0.25) is 0 Å². The van der Waals surface area contributed by atoms with Crippen LogP contribution in [-0.4, -0.2) is 55.4 Å². The summed E-state index contributed by atoms with van der Waals surface area (Å²) in [4.78, 5) is 13.7. The van der Waals surface area contributed by atoms with E-state index in [1.807, 2.05) is 6.92 Å². The molecule has 1 aromatic carbocycles. The van der Waals surface area contributed by atoms with Crippen molar-refractivity contribution in [1.82, 2.24) is 34.9 Å². The van der Waals surface area contributed by atoms with Crippen LogP contribution in [0.25, 0.3) is 17.2 Å². The Bertz CT molecular complexity index is 1720.